The second kappa shape index (κ2) is 3.15. The molecule has 0 N–H and O–H groups in total. The van der Waals surface area contributed by atoms with Crippen molar-refractivity contribution in [2.24, 2.45) is 0 Å². The Morgan fingerprint density at radius 1 is 1.70 bits per heavy atom. The molecule has 1 rings (SSSR count). The third-order valence-corrected chi connectivity index (χ3v) is 5.02. The zero-order valence-corrected chi connectivity index (χ0v) is 8.33. The maximum absolute atomic E-state index is 8.66. The van der Waals surface area contributed by atoms with Crippen molar-refractivity contribution in [3.8, 4) is 6.07 Å². The Kier molecular flexibility index (Phi) is 2.65. The molecule has 1 aliphatic carbocycles. The van der Waals surface area contributed by atoms with Gasteiger partial charge in [0.25, 0.3) is 0 Å². The maximum Gasteiger partial charge on any atom is 0.116 e. The summed E-state index contributed by atoms with van der Waals surface area (Å²) >= 11 is 5.21. The van der Waals surface area contributed by atoms with Gasteiger partial charge in [-0.15, -0.1) is 0 Å². The van der Waals surface area contributed by atoms with Crippen LogP contribution in [0.15, 0.2) is 0 Å². The topological polar surface area (TPSA) is 23.8 Å². The first-order valence-electron chi connectivity index (χ1n) is 3.34. The minimum Gasteiger partial charge on any atom is -0.197 e. The average molecular weight is 220 g/mol. The fourth-order valence-electron chi connectivity index (χ4n) is 1.20. The molecule has 1 aliphatic rings. The number of rotatable bonds is 2. The van der Waals surface area contributed by atoms with E-state index in [-0.39, 0.29) is 9.57 Å². The van der Waals surface area contributed by atoms with E-state index in [0.29, 0.717) is 0 Å². The van der Waals surface area contributed by atoms with Crippen molar-refractivity contribution in [3.05, 3.63) is 0 Å². The molecule has 0 bridgehead atoms. The molecule has 0 aromatic carbocycles. The molecule has 3 heteroatoms. The highest BCUT2D eigenvalue weighted by atomic mass is 79.9. The zero-order valence-electron chi connectivity index (χ0n) is 5.93. The van der Waals surface area contributed by atoms with Crippen LogP contribution in [0.2, 0.25) is 0 Å². The monoisotopic (exact) mass is 219 g/mol. The summed E-state index contributed by atoms with van der Waals surface area (Å²) in [5.74, 6) is 0. The summed E-state index contributed by atoms with van der Waals surface area (Å²) in [5.41, 5.74) is 0. The van der Waals surface area contributed by atoms with Crippen molar-refractivity contribution < 1.29 is 0 Å². The van der Waals surface area contributed by atoms with Gasteiger partial charge in [0.1, 0.15) is 4.83 Å². The minimum absolute atomic E-state index is 0.0451. The molecule has 0 aromatic rings. The SMILES string of the molecule is CSC1(C(Br)C#N)CCC1. The van der Waals surface area contributed by atoms with Crippen molar-refractivity contribution >= 4 is 27.7 Å². The zero-order chi connectivity index (χ0) is 7.61. The fraction of sp³-hybridized carbons (Fsp3) is 0.857. The molecule has 0 aromatic heterocycles. The first kappa shape index (κ1) is 8.42. The van der Waals surface area contributed by atoms with Gasteiger partial charge in [0.2, 0.25) is 0 Å². The van der Waals surface area contributed by atoms with Gasteiger partial charge in [0, 0.05) is 4.75 Å². The van der Waals surface area contributed by atoms with Crippen LogP contribution in [0.1, 0.15) is 19.3 Å². The number of thioether (sulfide) groups is 1. The Labute approximate surface area is 74.3 Å². The predicted molar refractivity (Wildman–Crippen MR) is 48.4 cm³/mol. The molecule has 0 amide bonds. The van der Waals surface area contributed by atoms with Gasteiger partial charge in [0.05, 0.1) is 6.07 Å². The molecule has 0 heterocycles. The standard InChI is InChI=1S/C7H10BrNS/c1-10-7(3-2-4-7)6(8)5-9/h6H,2-4H2,1H3. The average Bonchev–Trinajstić information content (AvgIpc) is 1.86. The predicted octanol–water partition coefficient (Wildman–Crippen LogP) is 2.56. The summed E-state index contributed by atoms with van der Waals surface area (Å²) in [7, 11) is 0. The van der Waals surface area contributed by atoms with Gasteiger partial charge in [-0.3, -0.25) is 0 Å². The first-order valence-corrected chi connectivity index (χ1v) is 5.48. The van der Waals surface area contributed by atoms with Gasteiger partial charge in [-0.1, -0.05) is 22.4 Å². The van der Waals surface area contributed by atoms with Gasteiger partial charge in [-0.05, 0) is 19.1 Å². The van der Waals surface area contributed by atoms with Gasteiger partial charge in [-0.2, -0.15) is 17.0 Å². The molecule has 1 unspecified atom stereocenters. The van der Waals surface area contributed by atoms with E-state index >= 15 is 0 Å². The third kappa shape index (κ3) is 1.19. The van der Waals surface area contributed by atoms with E-state index in [2.05, 4.69) is 28.3 Å². The lowest BCUT2D eigenvalue weighted by molar-refractivity contribution is 0.379. The first-order chi connectivity index (χ1) is 4.75. The summed E-state index contributed by atoms with van der Waals surface area (Å²) in [6.07, 6.45) is 5.75. The normalized spacial score (nSPS) is 24.5. The van der Waals surface area contributed by atoms with E-state index in [0.717, 1.165) is 0 Å². The van der Waals surface area contributed by atoms with Crippen molar-refractivity contribution in [1.82, 2.24) is 0 Å². The highest BCUT2D eigenvalue weighted by Gasteiger charge is 2.42. The number of hydrogen-bond acceptors (Lipinski definition) is 2. The lowest BCUT2D eigenvalue weighted by atomic mass is 9.82. The Balaban J connectivity index is 2.57. The Morgan fingerprint density at radius 2 is 2.30 bits per heavy atom. The van der Waals surface area contributed by atoms with Crippen LogP contribution in [0.3, 0.4) is 0 Å². The fourth-order valence-corrected chi connectivity index (χ4v) is 3.18. The van der Waals surface area contributed by atoms with E-state index in [1.54, 1.807) is 0 Å². The molecule has 1 nitrogen and oxygen atoms in total. The molecule has 0 aliphatic heterocycles. The van der Waals surface area contributed by atoms with Crippen molar-refractivity contribution in [3.63, 3.8) is 0 Å². The smallest absolute Gasteiger partial charge is 0.116 e. The van der Waals surface area contributed by atoms with E-state index in [9.17, 15) is 0 Å². The molecular formula is C7H10BrNS. The maximum atomic E-state index is 8.66. The third-order valence-electron chi connectivity index (χ3n) is 2.18. The molecule has 0 radical (unpaired) electrons. The molecule has 0 spiro atoms. The summed E-state index contributed by atoms with van der Waals surface area (Å²) in [6, 6.07) is 2.25. The van der Waals surface area contributed by atoms with Gasteiger partial charge >= 0.3 is 0 Å². The van der Waals surface area contributed by atoms with Gasteiger partial charge < -0.3 is 0 Å². The summed E-state index contributed by atoms with van der Waals surface area (Å²) in [5, 5.41) is 8.66. The van der Waals surface area contributed by atoms with Crippen LogP contribution < -0.4 is 0 Å². The van der Waals surface area contributed by atoms with E-state index in [4.69, 9.17) is 5.26 Å². The van der Waals surface area contributed by atoms with Crippen LogP contribution in [0.4, 0.5) is 0 Å². The second-order valence-electron chi connectivity index (χ2n) is 2.61. The van der Waals surface area contributed by atoms with Crippen molar-refractivity contribution in [1.29, 1.82) is 5.26 Å². The molecule has 1 atom stereocenters. The van der Waals surface area contributed by atoms with E-state index < -0.39 is 0 Å². The molecule has 1 saturated carbocycles. The Bertz CT molecular complexity index is 154. The van der Waals surface area contributed by atoms with Crippen LogP contribution in [0.25, 0.3) is 0 Å². The van der Waals surface area contributed by atoms with Crippen LogP contribution >= 0.6 is 27.7 Å². The van der Waals surface area contributed by atoms with Crippen LogP contribution in [0, 0.1) is 11.3 Å². The Morgan fingerprint density at radius 3 is 2.40 bits per heavy atom. The lowest BCUT2D eigenvalue weighted by Gasteiger charge is -2.41. The summed E-state index contributed by atoms with van der Waals surface area (Å²) in [6.45, 7) is 0. The number of nitriles is 1. The number of halogens is 1. The minimum atomic E-state index is 0.0451. The number of nitrogens with zero attached hydrogens (tertiary/aromatic N) is 1. The molecule has 56 valence electrons. The number of alkyl halides is 1. The largest absolute Gasteiger partial charge is 0.197 e. The van der Waals surface area contributed by atoms with Gasteiger partial charge in [-0.25, -0.2) is 0 Å². The molecule has 0 saturated heterocycles. The summed E-state index contributed by atoms with van der Waals surface area (Å²) < 4.78 is 0.245. The highest BCUT2D eigenvalue weighted by molar-refractivity contribution is 9.09. The molecule has 1 fully saturated rings. The second-order valence-corrected chi connectivity index (χ2v) is 4.75. The van der Waals surface area contributed by atoms with Crippen molar-refractivity contribution in [2.75, 3.05) is 6.26 Å². The molecular weight excluding hydrogens is 210 g/mol. The number of hydrogen-bond donors (Lipinski definition) is 0. The summed E-state index contributed by atoms with van der Waals surface area (Å²) in [4.78, 5) is 0.0451. The van der Waals surface area contributed by atoms with E-state index in [1.165, 1.54) is 19.3 Å². The lowest BCUT2D eigenvalue weighted by Crippen LogP contribution is -2.41. The van der Waals surface area contributed by atoms with Crippen molar-refractivity contribution in [2.45, 2.75) is 28.8 Å². The van der Waals surface area contributed by atoms with Crippen LogP contribution in [-0.2, 0) is 0 Å². The van der Waals surface area contributed by atoms with Crippen LogP contribution in [0.5, 0.6) is 0 Å². The van der Waals surface area contributed by atoms with Gasteiger partial charge in [0.15, 0.2) is 0 Å². The quantitative estimate of drug-likeness (QED) is 0.668. The molecule has 10 heavy (non-hydrogen) atoms. The van der Waals surface area contributed by atoms with Crippen LogP contribution in [-0.4, -0.2) is 15.8 Å². The van der Waals surface area contributed by atoms with E-state index in [1.807, 2.05) is 11.8 Å². The Hall–Kier alpha value is 0.320. The highest BCUT2D eigenvalue weighted by Crippen LogP contribution is 2.47.